The van der Waals surface area contributed by atoms with Crippen molar-refractivity contribution in [2.45, 2.75) is 30.5 Å². The van der Waals surface area contributed by atoms with Gasteiger partial charge < -0.3 is 10.1 Å². The van der Waals surface area contributed by atoms with Crippen molar-refractivity contribution in [1.29, 1.82) is 0 Å². The first-order valence-corrected chi connectivity index (χ1v) is 10.4. The lowest BCUT2D eigenvalue weighted by Gasteiger charge is -2.13. The number of carbonyl (C=O) groups is 1. The van der Waals surface area contributed by atoms with Gasteiger partial charge in [-0.1, -0.05) is 47.6 Å². The van der Waals surface area contributed by atoms with Gasteiger partial charge in [-0.05, 0) is 37.3 Å². The Kier molecular flexibility index (Phi) is 7.48. The van der Waals surface area contributed by atoms with Crippen molar-refractivity contribution in [3.8, 4) is 5.75 Å². The van der Waals surface area contributed by atoms with Crippen molar-refractivity contribution in [2.75, 3.05) is 5.32 Å². The fraction of sp³-hybridized carbons (Fsp3) is 0.190. The van der Waals surface area contributed by atoms with E-state index in [1.54, 1.807) is 60.0 Å². The monoisotopic (exact) mass is 446 g/mol. The molecule has 0 aliphatic rings. The first-order valence-electron chi connectivity index (χ1n) is 9.11. The second-order valence-corrected chi connectivity index (χ2v) is 8.02. The third kappa shape index (κ3) is 5.61. The van der Waals surface area contributed by atoms with Gasteiger partial charge in [0.15, 0.2) is 22.5 Å². The summed E-state index contributed by atoms with van der Waals surface area (Å²) >= 11 is 7.21. The number of hydrogen-bond acceptors (Lipinski definition) is 5. The molecule has 30 heavy (non-hydrogen) atoms. The molecule has 0 spiro atoms. The van der Waals surface area contributed by atoms with Crippen molar-refractivity contribution in [3.63, 3.8) is 0 Å². The molecule has 1 unspecified atom stereocenters. The summed E-state index contributed by atoms with van der Waals surface area (Å²) in [5.41, 5.74) is 0.617. The maximum absolute atomic E-state index is 13.8. The molecule has 1 N–H and O–H groups in total. The zero-order valence-corrected chi connectivity index (χ0v) is 17.8. The predicted octanol–water partition coefficient (Wildman–Crippen LogP) is 4.95. The maximum Gasteiger partial charge on any atom is 0.237 e. The molecule has 0 fully saturated rings. The van der Waals surface area contributed by atoms with Crippen LogP contribution in [0, 0.1) is 5.82 Å². The molecular weight excluding hydrogens is 427 g/mol. The van der Waals surface area contributed by atoms with Crippen LogP contribution in [0.2, 0.25) is 5.02 Å². The van der Waals surface area contributed by atoms with Crippen LogP contribution in [0.5, 0.6) is 5.75 Å². The fourth-order valence-corrected chi connectivity index (χ4v) is 3.62. The predicted molar refractivity (Wildman–Crippen MR) is 116 cm³/mol. The second-order valence-electron chi connectivity index (χ2n) is 6.28. The van der Waals surface area contributed by atoms with Crippen LogP contribution in [0.3, 0.4) is 0 Å². The van der Waals surface area contributed by atoms with E-state index in [-0.39, 0.29) is 18.3 Å². The quantitative estimate of drug-likeness (QED) is 0.372. The molecule has 0 saturated heterocycles. The van der Waals surface area contributed by atoms with E-state index in [1.807, 2.05) is 0 Å². The van der Waals surface area contributed by atoms with Crippen molar-refractivity contribution in [3.05, 3.63) is 77.9 Å². The molecule has 1 heterocycles. The molecule has 3 aromatic rings. The normalized spacial score (nSPS) is 11.7. The number of thioether (sulfide) groups is 1. The molecule has 2 aromatic carbocycles. The summed E-state index contributed by atoms with van der Waals surface area (Å²) in [6, 6.07) is 13.1. The third-order valence-electron chi connectivity index (χ3n) is 4.04. The molecule has 6 nitrogen and oxygen atoms in total. The average Bonchev–Trinajstić information content (AvgIpc) is 3.09. The second kappa shape index (κ2) is 10.3. The summed E-state index contributed by atoms with van der Waals surface area (Å²) < 4.78 is 21.1. The molecule has 0 aliphatic carbocycles. The summed E-state index contributed by atoms with van der Waals surface area (Å²) in [5.74, 6) is -0.00926. The number of nitrogens with zero attached hydrogens (tertiary/aromatic N) is 3. The Labute approximate surface area is 183 Å². The van der Waals surface area contributed by atoms with Crippen LogP contribution in [0.4, 0.5) is 10.1 Å². The summed E-state index contributed by atoms with van der Waals surface area (Å²) in [6.45, 7) is 5.98. The highest BCUT2D eigenvalue weighted by Crippen LogP contribution is 2.25. The highest BCUT2D eigenvalue weighted by Gasteiger charge is 2.20. The number of rotatable bonds is 9. The first kappa shape index (κ1) is 21.9. The molecule has 3 rings (SSSR count). The molecule has 0 radical (unpaired) electrons. The molecule has 1 atom stereocenters. The number of nitrogens with one attached hydrogen (secondary N) is 1. The molecule has 1 amide bonds. The van der Waals surface area contributed by atoms with E-state index in [1.165, 1.54) is 17.8 Å². The van der Waals surface area contributed by atoms with Crippen LogP contribution < -0.4 is 10.1 Å². The van der Waals surface area contributed by atoms with Gasteiger partial charge in [0.2, 0.25) is 5.91 Å². The van der Waals surface area contributed by atoms with E-state index in [0.29, 0.717) is 28.2 Å². The summed E-state index contributed by atoms with van der Waals surface area (Å²) in [6.07, 6.45) is 1.69. The number of anilines is 1. The van der Waals surface area contributed by atoms with Gasteiger partial charge in [0.25, 0.3) is 0 Å². The van der Waals surface area contributed by atoms with Crippen molar-refractivity contribution in [1.82, 2.24) is 14.8 Å². The Morgan fingerprint density at radius 1 is 1.33 bits per heavy atom. The fourth-order valence-electron chi connectivity index (χ4n) is 2.55. The van der Waals surface area contributed by atoms with Crippen molar-refractivity contribution in [2.24, 2.45) is 0 Å². The van der Waals surface area contributed by atoms with Crippen LogP contribution in [0.25, 0.3) is 0 Å². The van der Waals surface area contributed by atoms with Gasteiger partial charge in [-0.2, -0.15) is 0 Å². The first-order chi connectivity index (χ1) is 14.5. The summed E-state index contributed by atoms with van der Waals surface area (Å²) in [7, 11) is 0. The van der Waals surface area contributed by atoms with Crippen LogP contribution in [0.15, 0.2) is 66.3 Å². The minimum absolute atomic E-state index is 0.0332. The minimum atomic E-state index is -0.451. The zero-order chi connectivity index (χ0) is 21.5. The number of allylic oxidation sites excluding steroid dienone is 1. The van der Waals surface area contributed by atoms with Gasteiger partial charge in [0, 0.05) is 17.3 Å². The average molecular weight is 447 g/mol. The minimum Gasteiger partial charge on any atom is -0.483 e. The topological polar surface area (TPSA) is 69.0 Å². The standard InChI is InChI=1S/C21H20ClFN4O2S/c1-3-11-27-19(13-29-18-10-5-4-9-17(18)23)25-26-21(27)30-14(2)20(28)24-16-8-6-7-15(22)12-16/h3-10,12,14H,1,11,13H2,2H3,(H,24,28). The summed E-state index contributed by atoms with van der Waals surface area (Å²) in [5, 5.41) is 11.8. The number of para-hydroxylation sites is 1. The van der Waals surface area contributed by atoms with E-state index < -0.39 is 11.1 Å². The highest BCUT2D eigenvalue weighted by molar-refractivity contribution is 8.00. The lowest BCUT2D eigenvalue weighted by molar-refractivity contribution is -0.115. The molecule has 0 aliphatic heterocycles. The number of hydrogen-bond donors (Lipinski definition) is 1. The Balaban J connectivity index is 1.68. The molecule has 0 bridgehead atoms. The lowest BCUT2D eigenvalue weighted by Crippen LogP contribution is -2.23. The third-order valence-corrected chi connectivity index (χ3v) is 5.36. The number of amides is 1. The van der Waals surface area contributed by atoms with Gasteiger partial charge in [-0.15, -0.1) is 16.8 Å². The number of carbonyl (C=O) groups excluding carboxylic acids is 1. The van der Waals surface area contributed by atoms with Gasteiger partial charge >= 0.3 is 0 Å². The molecule has 9 heteroatoms. The van der Waals surface area contributed by atoms with Gasteiger partial charge in [-0.25, -0.2) is 4.39 Å². The summed E-state index contributed by atoms with van der Waals surface area (Å²) in [4.78, 5) is 12.5. The Morgan fingerprint density at radius 3 is 2.87 bits per heavy atom. The van der Waals surface area contributed by atoms with Gasteiger partial charge in [0.05, 0.1) is 5.25 Å². The Bertz CT molecular complexity index is 1040. The van der Waals surface area contributed by atoms with Gasteiger partial charge in [0.1, 0.15) is 6.61 Å². The number of halogens is 2. The highest BCUT2D eigenvalue weighted by atomic mass is 35.5. The molecular formula is C21H20ClFN4O2S. The number of benzene rings is 2. The SMILES string of the molecule is C=CCn1c(COc2ccccc2F)nnc1SC(C)C(=O)Nc1cccc(Cl)c1. The van der Waals surface area contributed by atoms with E-state index >= 15 is 0 Å². The zero-order valence-electron chi connectivity index (χ0n) is 16.2. The lowest BCUT2D eigenvalue weighted by atomic mass is 10.3. The van der Waals surface area contributed by atoms with Crippen molar-refractivity contribution >= 4 is 35.0 Å². The van der Waals surface area contributed by atoms with E-state index in [0.717, 1.165) is 0 Å². The van der Waals surface area contributed by atoms with Crippen molar-refractivity contribution < 1.29 is 13.9 Å². The number of aromatic nitrogens is 3. The molecule has 156 valence electrons. The van der Waals surface area contributed by atoms with Gasteiger partial charge in [-0.3, -0.25) is 9.36 Å². The molecule has 0 saturated carbocycles. The van der Waals surface area contributed by atoms with E-state index in [4.69, 9.17) is 16.3 Å². The largest absolute Gasteiger partial charge is 0.483 e. The van der Waals surface area contributed by atoms with E-state index in [9.17, 15) is 9.18 Å². The maximum atomic E-state index is 13.8. The Hall–Kier alpha value is -2.84. The Morgan fingerprint density at radius 2 is 2.13 bits per heavy atom. The van der Waals surface area contributed by atoms with E-state index in [2.05, 4.69) is 22.1 Å². The number of ether oxygens (including phenoxy) is 1. The smallest absolute Gasteiger partial charge is 0.237 e. The van der Waals surface area contributed by atoms with Crippen LogP contribution >= 0.6 is 23.4 Å². The molecule has 1 aromatic heterocycles. The van der Waals surface area contributed by atoms with Crippen LogP contribution in [0.1, 0.15) is 12.7 Å². The van der Waals surface area contributed by atoms with Crippen LogP contribution in [-0.2, 0) is 17.9 Å². The van der Waals surface area contributed by atoms with Crippen LogP contribution in [-0.4, -0.2) is 25.9 Å².